The maximum Gasteiger partial charge on any atom is 0.243 e. The van der Waals surface area contributed by atoms with Crippen LogP contribution in [0.5, 0.6) is 5.75 Å². The smallest absolute Gasteiger partial charge is 0.243 e. The number of nitrogens with zero attached hydrogens (tertiary/aromatic N) is 1. The van der Waals surface area contributed by atoms with Crippen LogP contribution in [0.15, 0.2) is 23.1 Å². The van der Waals surface area contributed by atoms with Crippen LogP contribution in [0.25, 0.3) is 0 Å². The monoisotopic (exact) mass is 424 g/mol. The largest absolute Gasteiger partial charge is 0.495 e. The fourth-order valence-electron chi connectivity index (χ4n) is 4.10. The van der Waals surface area contributed by atoms with E-state index in [0.29, 0.717) is 24.5 Å². The summed E-state index contributed by atoms with van der Waals surface area (Å²) >= 11 is 0. The lowest BCUT2D eigenvalue weighted by molar-refractivity contribution is -0.121. The van der Waals surface area contributed by atoms with Crippen LogP contribution in [0.3, 0.4) is 0 Å². The van der Waals surface area contributed by atoms with Crippen molar-refractivity contribution in [2.24, 2.45) is 11.8 Å². The number of hydrogen-bond donors (Lipinski definition) is 1. The van der Waals surface area contributed by atoms with E-state index >= 15 is 0 Å². The van der Waals surface area contributed by atoms with Crippen LogP contribution in [0.4, 0.5) is 5.69 Å². The standard InChI is InChI=1S/C22H36N2O4S/c1-5-8-9-17-10-12-18(13-11-17)22(25)23-20-16-19(14-15-21(20)28-4)29(26,27)24(6-2)7-3/h14-18H,5-13H2,1-4H3,(H,23,25). The first-order valence-electron chi connectivity index (χ1n) is 10.9. The molecule has 6 nitrogen and oxygen atoms in total. The number of unbranched alkanes of at least 4 members (excludes halogenated alkanes) is 1. The van der Waals surface area contributed by atoms with Gasteiger partial charge in [-0.15, -0.1) is 0 Å². The zero-order chi connectivity index (χ0) is 21.4. The third-order valence-electron chi connectivity index (χ3n) is 5.96. The molecule has 1 saturated carbocycles. The summed E-state index contributed by atoms with van der Waals surface area (Å²) in [6, 6.07) is 4.64. The van der Waals surface area contributed by atoms with Gasteiger partial charge in [-0.2, -0.15) is 4.31 Å². The van der Waals surface area contributed by atoms with E-state index in [2.05, 4.69) is 12.2 Å². The molecule has 0 saturated heterocycles. The van der Waals surface area contributed by atoms with Gasteiger partial charge < -0.3 is 10.1 Å². The summed E-state index contributed by atoms with van der Waals surface area (Å²) < 4.78 is 32.4. The normalized spacial score (nSPS) is 19.9. The van der Waals surface area contributed by atoms with Crippen molar-refractivity contribution in [3.05, 3.63) is 18.2 Å². The minimum atomic E-state index is -3.60. The number of hydrogen-bond acceptors (Lipinski definition) is 4. The fourth-order valence-corrected chi connectivity index (χ4v) is 5.58. The Balaban J connectivity index is 2.12. The lowest BCUT2D eigenvalue weighted by atomic mass is 9.79. The Kier molecular flexibility index (Phi) is 8.96. The number of rotatable bonds is 10. The first kappa shape index (κ1) is 23.7. The van der Waals surface area contributed by atoms with Crippen LogP contribution < -0.4 is 10.1 Å². The van der Waals surface area contributed by atoms with Crippen LogP contribution >= 0.6 is 0 Å². The highest BCUT2D eigenvalue weighted by molar-refractivity contribution is 7.89. The van der Waals surface area contributed by atoms with Crippen molar-refractivity contribution in [1.29, 1.82) is 0 Å². The van der Waals surface area contributed by atoms with E-state index in [4.69, 9.17) is 4.74 Å². The second-order valence-electron chi connectivity index (χ2n) is 7.80. The van der Waals surface area contributed by atoms with Crippen LogP contribution in [0.2, 0.25) is 0 Å². The van der Waals surface area contributed by atoms with Crippen molar-refractivity contribution in [2.45, 2.75) is 70.6 Å². The van der Waals surface area contributed by atoms with Gasteiger partial charge in [-0.25, -0.2) is 8.42 Å². The van der Waals surface area contributed by atoms with Gasteiger partial charge in [-0.05, 0) is 49.8 Å². The fraction of sp³-hybridized carbons (Fsp3) is 0.682. The van der Waals surface area contributed by atoms with E-state index in [9.17, 15) is 13.2 Å². The van der Waals surface area contributed by atoms with Gasteiger partial charge in [-0.3, -0.25) is 4.79 Å². The number of anilines is 1. The van der Waals surface area contributed by atoms with Gasteiger partial charge in [0.05, 0.1) is 17.7 Å². The summed E-state index contributed by atoms with van der Waals surface area (Å²) in [5.74, 6) is 1.12. The third kappa shape index (κ3) is 5.95. The molecule has 0 bridgehead atoms. The predicted molar refractivity (Wildman–Crippen MR) is 117 cm³/mol. The quantitative estimate of drug-likeness (QED) is 0.593. The summed E-state index contributed by atoms with van der Waals surface area (Å²) in [5.41, 5.74) is 0.416. The summed E-state index contributed by atoms with van der Waals surface area (Å²) in [6.07, 6.45) is 7.68. The molecule has 2 rings (SSSR count). The van der Waals surface area contributed by atoms with Crippen LogP contribution in [-0.4, -0.2) is 38.8 Å². The number of sulfonamides is 1. The molecule has 1 aliphatic carbocycles. The summed E-state index contributed by atoms with van der Waals surface area (Å²) in [4.78, 5) is 13.0. The highest BCUT2D eigenvalue weighted by Gasteiger charge is 2.28. The van der Waals surface area contributed by atoms with Crippen molar-refractivity contribution >= 4 is 21.6 Å². The Morgan fingerprint density at radius 3 is 2.34 bits per heavy atom. The van der Waals surface area contributed by atoms with E-state index in [1.807, 2.05) is 13.8 Å². The average molecular weight is 425 g/mol. The number of amides is 1. The maximum absolute atomic E-state index is 12.8. The molecular formula is C22H36N2O4S. The first-order chi connectivity index (χ1) is 13.9. The molecule has 7 heteroatoms. The Labute approximate surface area is 176 Å². The zero-order valence-electron chi connectivity index (χ0n) is 18.2. The molecule has 1 aliphatic rings. The van der Waals surface area contributed by atoms with Gasteiger partial charge in [0.25, 0.3) is 0 Å². The van der Waals surface area contributed by atoms with Crippen LogP contribution in [0.1, 0.15) is 65.7 Å². The number of carbonyl (C=O) groups is 1. The van der Waals surface area contributed by atoms with Crippen molar-refractivity contribution in [2.75, 3.05) is 25.5 Å². The molecule has 0 atom stereocenters. The number of ether oxygens (including phenoxy) is 1. The van der Waals surface area contributed by atoms with Gasteiger partial charge in [0, 0.05) is 19.0 Å². The first-order valence-corrected chi connectivity index (χ1v) is 12.3. The minimum absolute atomic E-state index is 0.0272. The molecule has 0 aromatic heterocycles. The molecule has 0 aliphatic heterocycles. The molecule has 0 radical (unpaired) electrons. The second kappa shape index (κ2) is 11.0. The molecule has 0 unspecified atom stereocenters. The summed E-state index contributed by atoms with van der Waals surface area (Å²) in [7, 11) is -2.08. The molecule has 0 spiro atoms. The van der Waals surface area contributed by atoms with Crippen molar-refractivity contribution in [3.8, 4) is 5.75 Å². The molecule has 1 aromatic carbocycles. The molecular weight excluding hydrogens is 388 g/mol. The van der Waals surface area contributed by atoms with Gasteiger partial charge in [-0.1, -0.05) is 40.0 Å². The Bertz CT molecular complexity index is 767. The van der Waals surface area contributed by atoms with Gasteiger partial charge in [0.2, 0.25) is 15.9 Å². The molecule has 1 amide bonds. The number of nitrogens with one attached hydrogen (secondary N) is 1. The maximum atomic E-state index is 12.8. The topological polar surface area (TPSA) is 75.7 Å². The second-order valence-corrected chi connectivity index (χ2v) is 9.74. The lowest BCUT2D eigenvalue weighted by Crippen LogP contribution is -2.31. The van der Waals surface area contributed by atoms with Crippen LogP contribution in [-0.2, 0) is 14.8 Å². The van der Waals surface area contributed by atoms with Gasteiger partial charge in [0.15, 0.2) is 0 Å². The average Bonchev–Trinajstić information content (AvgIpc) is 2.73. The third-order valence-corrected chi connectivity index (χ3v) is 8.00. The number of carbonyl (C=O) groups excluding carboxylic acids is 1. The SMILES string of the molecule is CCCCC1CCC(C(=O)Nc2cc(S(=O)(=O)N(CC)CC)ccc2OC)CC1. The van der Waals surface area contributed by atoms with E-state index in [0.717, 1.165) is 31.6 Å². The van der Waals surface area contributed by atoms with Crippen molar-refractivity contribution in [3.63, 3.8) is 0 Å². The Morgan fingerprint density at radius 2 is 1.79 bits per heavy atom. The predicted octanol–water partition coefficient (Wildman–Crippen LogP) is 4.66. The molecule has 1 N–H and O–H groups in total. The van der Waals surface area contributed by atoms with Gasteiger partial charge >= 0.3 is 0 Å². The van der Waals surface area contributed by atoms with E-state index in [-0.39, 0.29) is 16.7 Å². The van der Waals surface area contributed by atoms with E-state index in [1.165, 1.54) is 42.8 Å². The van der Waals surface area contributed by atoms with E-state index < -0.39 is 10.0 Å². The van der Waals surface area contributed by atoms with Crippen molar-refractivity contribution < 1.29 is 17.9 Å². The van der Waals surface area contributed by atoms with E-state index in [1.54, 1.807) is 6.07 Å². The molecule has 0 heterocycles. The summed E-state index contributed by atoms with van der Waals surface area (Å²) in [5, 5.41) is 2.93. The molecule has 164 valence electrons. The number of methoxy groups -OCH3 is 1. The molecule has 1 fully saturated rings. The Hall–Kier alpha value is -1.60. The van der Waals surface area contributed by atoms with Gasteiger partial charge in [0.1, 0.15) is 5.75 Å². The molecule has 29 heavy (non-hydrogen) atoms. The summed E-state index contributed by atoms with van der Waals surface area (Å²) in [6.45, 7) is 6.62. The van der Waals surface area contributed by atoms with Crippen molar-refractivity contribution in [1.82, 2.24) is 4.31 Å². The zero-order valence-corrected chi connectivity index (χ0v) is 19.1. The lowest BCUT2D eigenvalue weighted by Gasteiger charge is -2.28. The Morgan fingerprint density at radius 1 is 1.14 bits per heavy atom. The minimum Gasteiger partial charge on any atom is -0.495 e. The highest BCUT2D eigenvalue weighted by Crippen LogP contribution is 2.34. The number of benzene rings is 1. The highest BCUT2D eigenvalue weighted by atomic mass is 32.2. The molecule has 1 aromatic rings. The van der Waals surface area contributed by atoms with Crippen LogP contribution in [0, 0.1) is 11.8 Å².